The molecule has 0 bridgehead atoms. The van der Waals surface area contributed by atoms with Gasteiger partial charge in [0, 0.05) is 18.7 Å². The monoisotopic (exact) mass is 746 g/mol. The van der Waals surface area contributed by atoms with Gasteiger partial charge in [-0.25, -0.2) is 19.6 Å². The molecule has 3 unspecified atom stereocenters. The van der Waals surface area contributed by atoms with E-state index in [1.54, 1.807) is 11.1 Å². The van der Waals surface area contributed by atoms with Gasteiger partial charge < -0.3 is 39.9 Å². The molecule has 3 atom stereocenters. The molecule has 5 aromatic rings. The molecule has 14 heteroatoms. The summed E-state index contributed by atoms with van der Waals surface area (Å²) in [5, 5.41) is 7.36. The summed E-state index contributed by atoms with van der Waals surface area (Å²) in [6.07, 6.45) is 5.64. The lowest BCUT2D eigenvalue weighted by atomic mass is 9.98. The molecule has 7 rings (SSSR count). The van der Waals surface area contributed by atoms with Crippen LogP contribution in [0.2, 0.25) is 0 Å². The van der Waals surface area contributed by atoms with Crippen LogP contribution in [-0.2, 0) is 19.1 Å². The van der Waals surface area contributed by atoms with Crippen molar-refractivity contribution in [3.63, 3.8) is 0 Å². The van der Waals surface area contributed by atoms with E-state index in [1.165, 1.54) is 14.2 Å². The van der Waals surface area contributed by atoms with E-state index in [-0.39, 0.29) is 36.4 Å². The third-order valence-electron chi connectivity index (χ3n) is 10.6. The lowest BCUT2D eigenvalue weighted by Gasteiger charge is -2.30. The molecule has 55 heavy (non-hydrogen) atoms. The molecule has 14 nitrogen and oxygen atoms in total. The summed E-state index contributed by atoms with van der Waals surface area (Å²) in [7, 11) is 2.56. The average Bonchev–Trinajstić information content (AvgIpc) is 4.05. The zero-order valence-corrected chi connectivity index (χ0v) is 31.4. The highest BCUT2D eigenvalue weighted by molar-refractivity contribution is 5.91. The highest BCUT2D eigenvalue weighted by Crippen LogP contribution is 2.35. The zero-order valence-electron chi connectivity index (χ0n) is 31.4. The SMILES string of the molecule is COC(=O)NCC(=O)N1CCCC1c1ncc(-c2ccc3cc(-c4ccc(-c5cnc(C6CCCN6C(=O)C(NC(=O)OC)C(C)C)[nH]5)cc4)ccc3c2)[nH]1. The Morgan fingerprint density at radius 1 is 0.727 bits per heavy atom. The summed E-state index contributed by atoms with van der Waals surface area (Å²) >= 11 is 0. The molecule has 3 aromatic carbocycles. The smallest absolute Gasteiger partial charge is 0.407 e. The summed E-state index contributed by atoms with van der Waals surface area (Å²) in [6.45, 7) is 4.88. The minimum absolute atomic E-state index is 0.102. The number of H-pyrrole nitrogens is 2. The average molecular weight is 747 g/mol. The third kappa shape index (κ3) is 7.89. The number of carbonyl (C=O) groups excluding carboxylic acids is 4. The molecular weight excluding hydrogens is 701 g/mol. The molecule has 0 aliphatic carbocycles. The van der Waals surface area contributed by atoms with Crippen LogP contribution in [0.1, 0.15) is 63.3 Å². The highest BCUT2D eigenvalue weighted by Gasteiger charge is 2.37. The van der Waals surface area contributed by atoms with Crippen molar-refractivity contribution < 1.29 is 28.7 Å². The van der Waals surface area contributed by atoms with Gasteiger partial charge in [-0.1, -0.05) is 62.4 Å². The van der Waals surface area contributed by atoms with E-state index in [0.717, 1.165) is 81.7 Å². The number of fused-ring (bicyclic) bond motifs is 1. The predicted octanol–water partition coefficient (Wildman–Crippen LogP) is 6.35. The van der Waals surface area contributed by atoms with E-state index in [2.05, 4.69) is 96.0 Å². The van der Waals surface area contributed by atoms with E-state index >= 15 is 0 Å². The number of nitrogens with one attached hydrogen (secondary N) is 4. The molecule has 4 heterocycles. The fourth-order valence-electron chi connectivity index (χ4n) is 7.60. The summed E-state index contributed by atoms with van der Waals surface area (Å²) in [4.78, 5) is 69.5. The standard InChI is InChI=1S/C41H46N8O6/c1-24(2)36(47-41(53)55-4)39(51)49-18-6-8-34(49)38-42-21-31(45-38)26-11-9-25(10-12-26)27-13-14-29-20-30(16-15-28(29)19-27)32-22-43-37(46-32)33-7-5-17-48(33)35(50)23-44-40(52)54-3/h9-16,19-22,24,33-34,36H,5-8,17-18,23H2,1-4H3,(H,42,45)(H,43,46)(H,44,52)(H,47,53). The van der Waals surface area contributed by atoms with Crippen molar-refractivity contribution in [1.82, 2.24) is 40.4 Å². The maximum absolute atomic E-state index is 13.5. The molecular formula is C41H46N8O6. The van der Waals surface area contributed by atoms with Gasteiger partial charge in [0.05, 0.1) is 50.1 Å². The molecule has 2 aliphatic heterocycles. The first-order valence-corrected chi connectivity index (χ1v) is 18.6. The first kappa shape index (κ1) is 37.1. The molecule has 286 valence electrons. The van der Waals surface area contributed by atoms with Gasteiger partial charge in [0.1, 0.15) is 24.2 Å². The molecule has 2 fully saturated rings. The van der Waals surface area contributed by atoms with Gasteiger partial charge in [-0.15, -0.1) is 0 Å². The summed E-state index contributed by atoms with van der Waals surface area (Å²) in [5.74, 6) is 1.04. The van der Waals surface area contributed by atoms with Crippen molar-refractivity contribution >= 4 is 34.8 Å². The number of benzene rings is 3. The largest absolute Gasteiger partial charge is 0.453 e. The lowest BCUT2D eigenvalue weighted by molar-refractivity contribution is -0.135. The number of carbonyl (C=O) groups is 4. The number of nitrogens with zero attached hydrogens (tertiary/aromatic N) is 4. The Hall–Kier alpha value is -6.18. The molecule has 4 amide bonds. The van der Waals surface area contributed by atoms with Crippen LogP contribution in [0.3, 0.4) is 0 Å². The highest BCUT2D eigenvalue weighted by atomic mass is 16.5. The molecule has 0 saturated carbocycles. The Bertz CT molecular complexity index is 2190. The number of rotatable bonds is 10. The maximum Gasteiger partial charge on any atom is 0.407 e. The maximum atomic E-state index is 13.5. The van der Waals surface area contributed by atoms with Gasteiger partial charge in [-0.2, -0.15) is 0 Å². The minimum Gasteiger partial charge on any atom is -0.453 e. The number of hydrogen-bond donors (Lipinski definition) is 4. The lowest BCUT2D eigenvalue weighted by Crippen LogP contribution is -2.51. The third-order valence-corrected chi connectivity index (χ3v) is 10.6. The van der Waals surface area contributed by atoms with Gasteiger partial charge >= 0.3 is 12.2 Å². The van der Waals surface area contributed by atoms with Crippen LogP contribution in [0, 0.1) is 5.92 Å². The number of imidazole rings is 2. The van der Waals surface area contributed by atoms with Crippen molar-refractivity contribution in [2.24, 2.45) is 5.92 Å². The molecule has 2 aromatic heterocycles. The Morgan fingerprint density at radius 3 is 1.87 bits per heavy atom. The van der Waals surface area contributed by atoms with Crippen molar-refractivity contribution in [2.75, 3.05) is 33.9 Å². The quantitative estimate of drug-likeness (QED) is 0.128. The summed E-state index contributed by atoms with van der Waals surface area (Å²) in [6, 6.07) is 20.0. The van der Waals surface area contributed by atoms with E-state index in [1.807, 2.05) is 24.9 Å². The number of ether oxygens (including phenoxy) is 2. The molecule has 2 saturated heterocycles. The fraction of sp³-hybridized carbons (Fsp3) is 0.366. The van der Waals surface area contributed by atoms with Crippen LogP contribution >= 0.6 is 0 Å². The second kappa shape index (κ2) is 16.0. The number of aromatic amines is 2. The predicted molar refractivity (Wildman–Crippen MR) is 206 cm³/mol. The van der Waals surface area contributed by atoms with E-state index in [0.29, 0.717) is 13.1 Å². The Morgan fingerprint density at radius 2 is 1.25 bits per heavy atom. The van der Waals surface area contributed by atoms with Crippen LogP contribution < -0.4 is 10.6 Å². The van der Waals surface area contributed by atoms with Gasteiger partial charge in [0.15, 0.2) is 0 Å². The summed E-state index contributed by atoms with van der Waals surface area (Å²) < 4.78 is 9.34. The second-order valence-corrected chi connectivity index (χ2v) is 14.4. The normalized spacial score (nSPS) is 17.4. The number of aromatic nitrogens is 4. The van der Waals surface area contributed by atoms with Gasteiger partial charge in [-0.05, 0) is 71.2 Å². The Labute approximate surface area is 319 Å². The number of hydrogen-bond acceptors (Lipinski definition) is 8. The van der Waals surface area contributed by atoms with Gasteiger partial charge in [0.25, 0.3) is 0 Å². The molecule has 0 spiro atoms. The van der Waals surface area contributed by atoms with Crippen LogP contribution in [0.4, 0.5) is 9.59 Å². The number of amides is 4. The summed E-state index contributed by atoms with van der Waals surface area (Å²) in [5.41, 5.74) is 5.88. The Kier molecular flexibility index (Phi) is 10.8. The number of likely N-dealkylation sites (tertiary alicyclic amines) is 2. The van der Waals surface area contributed by atoms with Gasteiger partial charge in [0.2, 0.25) is 11.8 Å². The van der Waals surface area contributed by atoms with Crippen LogP contribution in [0.15, 0.2) is 73.1 Å². The topological polar surface area (TPSA) is 175 Å². The van der Waals surface area contributed by atoms with Crippen LogP contribution in [0.5, 0.6) is 0 Å². The zero-order chi connectivity index (χ0) is 38.6. The first-order valence-electron chi connectivity index (χ1n) is 18.6. The van der Waals surface area contributed by atoms with E-state index in [9.17, 15) is 19.2 Å². The van der Waals surface area contributed by atoms with E-state index in [4.69, 9.17) is 4.74 Å². The van der Waals surface area contributed by atoms with Crippen molar-refractivity contribution in [3.05, 3.63) is 84.7 Å². The van der Waals surface area contributed by atoms with E-state index < -0.39 is 18.2 Å². The molecule has 0 radical (unpaired) electrons. The Balaban J connectivity index is 1.02. The fourth-order valence-corrected chi connectivity index (χ4v) is 7.60. The van der Waals surface area contributed by atoms with Crippen LogP contribution in [-0.4, -0.2) is 93.6 Å². The van der Waals surface area contributed by atoms with Crippen molar-refractivity contribution in [3.8, 4) is 33.6 Å². The number of methoxy groups -OCH3 is 2. The van der Waals surface area contributed by atoms with Crippen molar-refractivity contribution in [2.45, 2.75) is 57.7 Å². The minimum atomic E-state index is -0.685. The van der Waals surface area contributed by atoms with Crippen molar-refractivity contribution in [1.29, 1.82) is 0 Å². The van der Waals surface area contributed by atoms with Gasteiger partial charge in [-0.3, -0.25) is 9.59 Å². The molecule has 2 aliphatic rings. The second-order valence-electron chi connectivity index (χ2n) is 14.4. The molecule has 4 N–H and O–H groups in total. The van der Waals surface area contributed by atoms with Crippen LogP contribution in [0.25, 0.3) is 44.4 Å². The number of alkyl carbamates (subject to hydrolysis) is 2. The first-order chi connectivity index (χ1) is 26.6.